The van der Waals surface area contributed by atoms with Crippen molar-refractivity contribution in [2.24, 2.45) is 7.05 Å². The molecule has 0 saturated heterocycles. The number of nitrogens with zero attached hydrogens (tertiary/aromatic N) is 5. The lowest BCUT2D eigenvalue weighted by molar-refractivity contribution is 0.417. The summed E-state index contributed by atoms with van der Waals surface area (Å²) < 4.78 is 20.7. The first-order valence-electron chi connectivity index (χ1n) is 12.7. The molecule has 0 atom stereocenters. The molecule has 6 rings (SSSR count). The van der Waals surface area contributed by atoms with E-state index in [9.17, 15) is 4.57 Å². The Morgan fingerprint density at radius 1 is 1.03 bits per heavy atom. The highest BCUT2D eigenvalue weighted by Crippen LogP contribution is 2.43. The number of nitrogens with one attached hydrogen (secondary N) is 3. The maximum Gasteiger partial charge on any atom is 0.231 e. The smallest absolute Gasteiger partial charge is 0.231 e. The van der Waals surface area contributed by atoms with Crippen molar-refractivity contribution in [1.29, 1.82) is 0 Å². The Morgan fingerprint density at radius 3 is 2.64 bits per heavy atom. The molecule has 11 heteroatoms. The largest absolute Gasteiger partial charge is 0.494 e. The molecule has 0 fully saturated rings. The molecule has 3 aromatic heterocycles. The summed E-state index contributed by atoms with van der Waals surface area (Å²) >= 11 is 0. The highest BCUT2D eigenvalue weighted by atomic mass is 31.2. The van der Waals surface area contributed by atoms with Crippen LogP contribution < -0.4 is 25.6 Å². The van der Waals surface area contributed by atoms with Crippen LogP contribution in [0.5, 0.6) is 5.75 Å². The molecule has 200 valence electrons. The van der Waals surface area contributed by atoms with Gasteiger partial charge in [0.15, 0.2) is 0 Å². The molecule has 4 heterocycles. The number of para-hydroxylation sites is 1. The third-order valence-electron chi connectivity index (χ3n) is 7.16. The number of hydrogen-bond acceptors (Lipinski definition) is 8. The summed E-state index contributed by atoms with van der Waals surface area (Å²) in [5, 5.41) is 12.9. The molecule has 2 aromatic carbocycles. The first-order chi connectivity index (χ1) is 18.7. The zero-order valence-corrected chi connectivity index (χ0v) is 23.5. The van der Waals surface area contributed by atoms with E-state index in [-0.39, 0.29) is 0 Å². The second-order valence-corrected chi connectivity index (χ2v) is 13.3. The fourth-order valence-corrected chi connectivity index (χ4v) is 6.29. The first kappa shape index (κ1) is 25.0. The topological polar surface area (TPSA) is 113 Å². The Labute approximate surface area is 226 Å². The Balaban J connectivity index is 1.44. The molecule has 1 aliphatic heterocycles. The van der Waals surface area contributed by atoms with Gasteiger partial charge >= 0.3 is 0 Å². The van der Waals surface area contributed by atoms with Gasteiger partial charge in [-0.3, -0.25) is 4.68 Å². The SMILES string of the molecule is COc1cc2c(cc1Nc1nc(Nc3ccccc3P(C)(C)=O)c3cc[nH]c3n1)-c1cnn(C)c1CCN2C. The molecular formula is C28H31N8O2P. The molecule has 0 saturated carbocycles. The van der Waals surface area contributed by atoms with Gasteiger partial charge in [0.2, 0.25) is 5.95 Å². The number of likely N-dealkylation sites (N-methyl/N-ethyl adjacent to an activating group) is 1. The van der Waals surface area contributed by atoms with Gasteiger partial charge < -0.3 is 29.8 Å². The number of aryl methyl sites for hydroxylation is 1. The van der Waals surface area contributed by atoms with Gasteiger partial charge in [-0.2, -0.15) is 15.1 Å². The van der Waals surface area contributed by atoms with Crippen molar-refractivity contribution in [2.45, 2.75) is 6.42 Å². The third-order valence-corrected chi connectivity index (χ3v) is 8.71. The summed E-state index contributed by atoms with van der Waals surface area (Å²) in [6.45, 7) is 4.41. The maximum atomic E-state index is 13.0. The highest BCUT2D eigenvalue weighted by molar-refractivity contribution is 7.70. The van der Waals surface area contributed by atoms with Gasteiger partial charge in [0.25, 0.3) is 0 Å². The van der Waals surface area contributed by atoms with Gasteiger partial charge in [-0.1, -0.05) is 12.1 Å². The second kappa shape index (κ2) is 9.47. The summed E-state index contributed by atoms with van der Waals surface area (Å²) in [6, 6.07) is 13.7. The van der Waals surface area contributed by atoms with Gasteiger partial charge in [0, 0.05) is 67.1 Å². The van der Waals surface area contributed by atoms with Crippen LogP contribution in [0.15, 0.2) is 54.9 Å². The zero-order chi connectivity index (χ0) is 27.3. The summed E-state index contributed by atoms with van der Waals surface area (Å²) in [5.41, 5.74) is 6.61. The molecule has 5 aromatic rings. The minimum atomic E-state index is -2.52. The second-order valence-electron chi connectivity index (χ2n) is 10.1. The van der Waals surface area contributed by atoms with Crippen LogP contribution in [-0.4, -0.2) is 58.8 Å². The van der Waals surface area contributed by atoms with E-state index in [1.54, 1.807) is 20.4 Å². The lowest BCUT2D eigenvalue weighted by atomic mass is 10.0. The van der Waals surface area contributed by atoms with Crippen LogP contribution in [0.3, 0.4) is 0 Å². The Morgan fingerprint density at radius 2 is 1.85 bits per heavy atom. The average molecular weight is 543 g/mol. The van der Waals surface area contributed by atoms with Gasteiger partial charge in [-0.15, -0.1) is 0 Å². The number of ether oxygens (including phenoxy) is 1. The standard InChI is InChI=1S/C28H31N8O2P/c1-35-13-11-22-19(16-30-36(22)2)18-14-21(24(38-3)15-23(18)35)32-28-33-26-17(10-12-29-26)27(34-28)31-20-8-6-7-9-25(20)39(4,5)37/h6-10,12,14-16H,11,13H2,1-5H3,(H3,29,31,32,33,34). The highest BCUT2D eigenvalue weighted by Gasteiger charge is 2.24. The van der Waals surface area contributed by atoms with Crippen LogP contribution in [0.2, 0.25) is 0 Å². The van der Waals surface area contributed by atoms with Crippen LogP contribution in [0.1, 0.15) is 5.69 Å². The van der Waals surface area contributed by atoms with E-state index in [1.165, 1.54) is 5.69 Å². The molecular weight excluding hydrogens is 511 g/mol. The number of fused-ring (bicyclic) bond motifs is 4. The molecule has 0 aliphatic carbocycles. The summed E-state index contributed by atoms with van der Waals surface area (Å²) in [4.78, 5) is 15.0. The quantitative estimate of drug-likeness (QED) is 0.254. The number of methoxy groups -OCH3 is 1. The van der Waals surface area contributed by atoms with Gasteiger partial charge in [0.1, 0.15) is 24.4 Å². The number of aromatic nitrogens is 5. The van der Waals surface area contributed by atoms with E-state index < -0.39 is 7.14 Å². The minimum absolute atomic E-state index is 0.396. The Kier molecular flexibility index (Phi) is 6.07. The monoisotopic (exact) mass is 542 g/mol. The third kappa shape index (κ3) is 4.51. The van der Waals surface area contributed by atoms with Crippen molar-refractivity contribution in [1.82, 2.24) is 24.7 Å². The van der Waals surface area contributed by atoms with E-state index in [0.29, 0.717) is 23.2 Å². The van der Waals surface area contributed by atoms with Crippen molar-refractivity contribution in [2.75, 3.05) is 49.6 Å². The van der Waals surface area contributed by atoms with E-state index in [4.69, 9.17) is 14.7 Å². The van der Waals surface area contributed by atoms with Crippen molar-refractivity contribution >= 4 is 52.3 Å². The number of hydrogen-bond donors (Lipinski definition) is 3. The van der Waals surface area contributed by atoms with Gasteiger partial charge in [-0.25, -0.2) is 0 Å². The van der Waals surface area contributed by atoms with E-state index in [0.717, 1.165) is 51.8 Å². The number of anilines is 5. The Bertz CT molecular complexity index is 1750. The van der Waals surface area contributed by atoms with Crippen molar-refractivity contribution in [3.63, 3.8) is 0 Å². The number of benzene rings is 2. The van der Waals surface area contributed by atoms with E-state index in [1.807, 2.05) is 60.5 Å². The van der Waals surface area contributed by atoms with Crippen LogP contribution in [0.4, 0.5) is 28.8 Å². The molecule has 0 unspecified atom stereocenters. The molecule has 39 heavy (non-hydrogen) atoms. The van der Waals surface area contributed by atoms with Crippen molar-refractivity contribution < 1.29 is 9.30 Å². The normalized spacial score (nSPS) is 13.1. The van der Waals surface area contributed by atoms with Gasteiger partial charge in [0.05, 0.1) is 30.1 Å². The molecule has 0 spiro atoms. The fourth-order valence-electron chi connectivity index (χ4n) is 5.13. The molecule has 0 amide bonds. The van der Waals surface area contributed by atoms with Crippen LogP contribution >= 0.6 is 7.14 Å². The summed E-state index contributed by atoms with van der Waals surface area (Å²) in [6.07, 6.45) is 4.64. The molecule has 0 radical (unpaired) electrons. The van der Waals surface area contributed by atoms with E-state index in [2.05, 4.69) is 38.7 Å². The van der Waals surface area contributed by atoms with Crippen LogP contribution in [0, 0.1) is 0 Å². The lowest BCUT2D eigenvalue weighted by Gasteiger charge is -2.22. The van der Waals surface area contributed by atoms with Crippen LogP contribution in [0.25, 0.3) is 22.2 Å². The number of aromatic amines is 1. The molecule has 10 nitrogen and oxygen atoms in total. The van der Waals surface area contributed by atoms with Crippen LogP contribution in [-0.2, 0) is 18.0 Å². The molecule has 1 aliphatic rings. The molecule has 3 N–H and O–H groups in total. The van der Waals surface area contributed by atoms with Crippen molar-refractivity contribution in [3.8, 4) is 16.9 Å². The maximum absolute atomic E-state index is 13.0. The lowest BCUT2D eigenvalue weighted by Crippen LogP contribution is -2.20. The first-order valence-corrected chi connectivity index (χ1v) is 15.3. The zero-order valence-electron chi connectivity index (χ0n) is 22.6. The number of H-pyrrole nitrogens is 1. The fraction of sp³-hybridized carbons (Fsp3) is 0.250. The number of rotatable bonds is 6. The van der Waals surface area contributed by atoms with Gasteiger partial charge in [-0.05, 0) is 37.6 Å². The Hall–Kier alpha value is -4.30. The summed E-state index contributed by atoms with van der Waals surface area (Å²) in [5.74, 6) is 1.68. The summed E-state index contributed by atoms with van der Waals surface area (Å²) in [7, 11) is 3.21. The minimum Gasteiger partial charge on any atom is -0.494 e. The predicted molar refractivity (Wildman–Crippen MR) is 158 cm³/mol. The molecule has 0 bridgehead atoms. The van der Waals surface area contributed by atoms with Crippen molar-refractivity contribution in [3.05, 3.63) is 60.6 Å². The van der Waals surface area contributed by atoms with E-state index >= 15 is 0 Å². The predicted octanol–water partition coefficient (Wildman–Crippen LogP) is 5.09. The average Bonchev–Trinajstić information content (AvgIpc) is 3.50.